The molecule has 0 saturated carbocycles. The van der Waals surface area contributed by atoms with Crippen molar-refractivity contribution < 1.29 is 29.0 Å². The molecule has 0 aromatic heterocycles. The number of carbonyl (C=O) groups excluding carboxylic acids is 3. The summed E-state index contributed by atoms with van der Waals surface area (Å²) in [7, 11) is 1.54. The number of ether oxygens (including phenoxy) is 2. The Bertz CT molecular complexity index is 1460. The second-order valence-corrected chi connectivity index (χ2v) is 11.9. The van der Waals surface area contributed by atoms with Gasteiger partial charge in [-0.05, 0) is 47.9 Å². The number of amides is 2. The maximum Gasteiger partial charge on any atom is 0.310 e. The molecule has 0 spiro atoms. The molecule has 8 heteroatoms. The minimum atomic E-state index is -0.794. The van der Waals surface area contributed by atoms with Crippen molar-refractivity contribution in [2.45, 2.75) is 56.8 Å². The van der Waals surface area contributed by atoms with Gasteiger partial charge >= 0.3 is 5.97 Å². The third-order valence-electron chi connectivity index (χ3n) is 8.75. The van der Waals surface area contributed by atoms with Crippen molar-refractivity contribution in [3.05, 3.63) is 119 Å². The van der Waals surface area contributed by atoms with Crippen molar-refractivity contribution in [2.75, 3.05) is 20.3 Å². The number of hydrogen-bond donors (Lipinski definition) is 2. The normalized spacial score (nSPS) is 24.0. The van der Waals surface area contributed by atoms with Crippen molar-refractivity contribution in [2.24, 2.45) is 11.8 Å². The smallest absolute Gasteiger partial charge is 0.310 e. The second-order valence-electron chi connectivity index (χ2n) is 11.9. The average Bonchev–Trinajstić information content (AvgIpc) is 3.07. The van der Waals surface area contributed by atoms with E-state index in [1.807, 2.05) is 97.1 Å². The lowest BCUT2D eigenvalue weighted by Crippen LogP contribution is -2.49. The van der Waals surface area contributed by atoms with Crippen molar-refractivity contribution in [3.63, 3.8) is 0 Å². The molecule has 2 aliphatic rings. The zero-order valence-electron chi connectivity index (χ0n) is 25.7. The molecule has 0 bridgehead atoms. The summed E-state index contributed by atoms with van der Waals surface area (Å²) in [5.41, 5.74) is 3.95. The molecule has 3 aromatic rings. The van der Waals surface area contributed by atoms with Gasteiger partial charge in [0.2, 0.25) is 11.8 Å². The Morgan fingerprint density at radius 1 is 0.911 bits per heavy atom. The molecule has 5 unspecified atom stereocenters. The van der Waals surface area contributed by atoms with E-state index in [1.165, 1.54) is 7.11 Å². The van der Waals surface area contributed by atoms with Crippen LogP contribution in [0.4, 0.5) is 0 Å². The third-order valence-corrected chi connectivity index (χ3v) is 8.75. The largest absolute Gasteiger partial charge is 0.455 e. The van der Waals surface area contributed by atoms with Crippen LogP contribution in [0.25, 0.3) is 0 Å². The van der Waals surface area contributed by atoms with E-state index in [2.05, 4.69) is 5.32 Å². The second kappa shape index (κ2) is 15.6. The van der Waals surface area contributed by atoms with Gasteiger partial charge in [-0.2, -0.15) is 0 Å². The van der Waals surface area contributed by atoms with Crippen molar-refractivity contribution in [3.8, 4) is 0 Å². The summed E-state index contributed by atoms with van der Waals surface area (Å²) in [4.78, 5) is 43.1. The molecule has 0 radical (unpaired) electrons. The molecule has 8 nitrogen and oxygen atoms in total. The Hall–Kier alpha value is -4.27. The zero-order chi connectivity index (χ0) is 31.6. The van der Waals surface area contributed by atoms with Gasteiger partial charge in [-0.3, -0.25) is 14.4 Å². The van der Waals surface area contributed by atoms with E-state index >= 15 is 0 Å². The minimum absolute atomic E-state index is 0.0161. The Kier molecular flexibility index (Phi) is 11.2. The molecule has 5 rings (SSSR count). The van der Waals surface area contributed by atoms with Gasteiger partial charge in [0.15, 0.2) is 0 Å². The first-order valence-corrected chi connectivity index (χ1v) is 15.7. The number of carbonyl (C=O) groups is 3. The summed E-state index contributed by atoms with van der Waals surface area (Å²) >= 11 is 0. The van der Waals surface area contributed by atoms with E-state index in [9.17, 15) is 19.5 Å². The molecule has 0 saturated heterocycles. The molecule has 2 amide bonds. The molecule has 5 atom stereocenters. The Balaban J connectivity index is 1.42. The van der Waals surface area contributed by atoms with Crippen molar-refractivity contribution >= 4 is 17.8 Å². The Morgan fingerprint density at radius 3 is 2.24 bits per heavy atom. The van der Waals surface area contributed by atoms with Crippen LogP contribution in [-0.4, -0.2) is 60.2 Å². The number of rotatable bonds is 8. The van der Waals surface area contributed by atoms with E-state index in [4.69, 9.17) is 9.47 Å². The molecule has 236 valence electrons. The SMILES string of the molecule is COCC1NC(=O)C(CC(=O)N2Cc3ccccc3CC2CO)CC=CCC(Cc2ccccc2)C(=O)OC1c1ccccc1. The number of cyclic esters (lactones) is 1. The Labute approximate surface area is 265 Å². The molecule has 3 aromatic carbocycles. The lowest BCUT2D eigenvalue weighted by Gasteiger charge is -2.37. The number of nitrogens with one attached hydrogen (secondary N) is 1. The van der Waals surface area contributed by atoms with E-state index in [1.54, 1.807) is 4.90 Å². The molecule has 0 fully saturated rings. The standard InChI is InChI=1S/C37H42N2O6/c1-44-25-33-35(27-14-6-3-7-15-27)45-37(43)30(20-26-12-4-2-5-13-26)18-10-9-17-29(36(42)38-33)22-34(41)39-23-31-19-11-8-16-28(31)21-32(39)24-40/h2-16,19,29-30,32-33,35,40H,17-18,20-25H2,1H3,(H,38,42). The summed E-state index contributed by atoms with van der Waals surface area (Å²) in [6.45, 7) is 0.345. The van der Waals surface area contributed by atoms with Gasteiger partial charge in [0.05, 0.1) is 37.1 Å². The number of aliphatic hydroxyl groups is 1. The fourth-order valence-electron chi connectivity index (χ4n) is 6.27. The first-order chi connectivity index (χ1) is 22.0. The van der Waals surface area contributed by atoms with Crippen LogP contribution >= 0.6 is 0 Å². The highest BCUT2D eigenvalue weighted by Crippen LogP contribution is 2.29. The molecule has 45 heavy (non-hydrogen) atoms. The minimum Gasteiger partial charge on any atom is -0.455 e. The first kappa shape index (κ1) is 32.1. The maximum atomic E-state index is 13.9. The van der Waals surface area contributed by atoms with Crippen molar-refractivity contribution in [1.82, 2.24) is 10.2 Å². The molecule has 2 N–H and O–H groups in total. The van der Waals surface area contributed by atoms with Gasteiger partial charge in [-0.25, -0.2) is 0 Å². The van der Waals surface area contributed by atoms with Crippen LogP contribution in [0.5, 0.6) is 0 Å². The average molecular weight is 611 g/mol. The van der Waals surface area contributed by atoms with Crippen LogP contribution in [0.1, 0.15) is 47.6 Å². The van der Waals surface area contributed by atoms with Crippen molar-refractivity contribution in [1.29, 1.82) is 0 Å². The summed E-state index contributed by atoms with van der Waals surface area (Å²) in [6, 6.07) is 26.1. The summed E-state index contributed by atoms with van der Waals surface area (Å²) in [5, 5.41) is 13.2. The van der Waals surface area contributed by atoms with Crippen LogP contribution in [0.2, 0.25) is 0 Å². The number of esters is 1. The van der Waals surface area contributed by atoms with E-state index in [0.29, 0.717) is 32.2 Å². The fraction of sp³-hybridized carbons (Fsp3) is 0.378. The number of benzene rings is 3. The van der Waals surface area contributed by atoms with Gasteiger partial charge in [0.25, 0.3) is 0 Å². The molecule has 2 heterocycles. The monoisotopic (exact) mass is 610 g/mol. The summed E-state index contributed by atoms with van der Waals surface area (Å²) in [6.07, 6.45) is 4.83. The Morgan fingerprint density at radius 2 is 1.56 bits per heavy atom. The first-order valence-electron chi connectivity index (χ1n) is 15.7. The highest BCUT2D eigenvalue weighted by atomic mass is 16.5. The predicted octanol–water partition coefficient (Wildman–Crippen LogP) is 4.56. The highest BCUT2D eigenvalue weighted by molar-refractivity contribution is 5.86. The van der Waals surface area contributed by atoms with Gasteiger partial charge < -0.3 is 24.8 Å². The van der Waals surface area contributed by atoms with Gasteiger partial charge in [0.1, 0.15) is 6.10 Å². The quantitative estimate of drug-likeness (QED) is 0.286. The summed E-state index contributed by atoms with van der Waals surface area (Å²) in [5.74, 6) is -1.94. The fourth-order valence-corrected chi connectivity index (χ4v) is 6.27. The maximum absolute atomic E-state index is 13.9. The molecular weight excluding hydrogens is 568 g/mol. The van der Waals surface area contributed by atoms with E-state index < -0.39 is 24.0 Å². The van der Waals surface area contributed by atoms with Crippen LogP contribution < -0.4 is 5.32 Å². The van der Waals surface area contributed by atoms with Crippen LogP contribution in [0, 0.1) is 11.8 Å². The van der Waals surface area contributed by atoms with Gasteiger partial charge in [-0.1, -0.05) is 97.1 Å². The van der Waals surface area contributed by atoms with E-state index in [-0.39, 0.29) is 43.5 Å². The van der Waals surface area contributed by atoms with Crippen LogP contribution in [0.3, 0.4) is 0 Å². The lowest BCUT2D eigenvalue weighted by molar-refractivity contribution is -0.158. The highest BCUT2D eigenvalue weighted by Gasteiger charge is 2.35. The van der Waals surface area contributed by atoms with Crippen LogP contribution in [-0.2, 0) is 43.2 Å². The predicted molar refractivity (Wildman–Crippen MR) is 171 cm³/mol. The number of methoxy groups -OCH3 is 1. The molecule has 0 aliphatic carbocycles. The topological polar surface area (TPSA) is 105 Å². The number of allylic oxidation sites excluding steroid dienone is 2. The number of hydrogen-bond acceptors (Lipinski definition) is 6. The van der Waals surface area contributed by atoms with E-state index in [0.717, 1.165) is 22.3 Å². The third kappa shape index (κ3) is 8.26. The lowest BCUT2D eigenvalue weighted by atomic mass is 9.91. The zero-order valence-corrected chi connectivity index (χ0v) is 25.7. The summed E-state index contributed by atoms with van der Waals surface area (Å²) < 4.78 is 11.7. The number of aliphatic hydroxyl groups excluding tert-OH is 1. The van der Waals surface area contributed by atoms with Gasteiger partial charge in [-0.15, -0.1) is 0 Å². The number of fused-ring (bicyclic) bond motifs is 1. The molecule has 2 aliphatic heterocycles. The van der Waals surface area contributed by atoms with Crippen LogP contribution in [0.15, 0.2) is 97.1 Å². The molecular formula is C37H42N2O6. The van der Waals surface area contributed by atoms with Gasteiger partial charge in [0, 0.05) is 20.1 Å². The number of nitrogens with zero attached hydrogens (tertiary/aromatic N) is 1.